The van der Waals surface area contributed by atoms with Crippen molar-refractivity contribution in [2.45, 2.75) is 25.8 Å². The second kappa shape index (κ2) is 5.85. The molecule has 0 aliphatic carbocycles. The molecular weight excluding hydrogens is 256 g/mol. The van der Waals surface area contributed by atoms with Crippen LogP contribution < -0.4 is 10.6 Å². The van der Waals surface area contributed by atoms with Gasteiger partial charge in [0, 0.05) is 6.04 Å². The number of amides is 1. The largest absolute Gasteiger partial charge is 0.349 e. The Morgan fingerprint density at radius 3 is 3.06 bits per heavy atom. The molecule has 3 nitrogen and oxygen atoms in total. The number of hydrogen-bond acceptors (Lipinski definition) is 3. The molecular formula is C12H17ClN2OS. The number of halogens is 1. The molecule has 1 aliphatic heterocycles. The van der Waals surface area contributed by atoms with Crippen molar-refractivity contribution in [3.05, 3.63) is 21.3 Å². The van der Waals surface area contributed by atoms with E-state index in [2.05, 4.69) is 17.6 Å². The molecule has 0 aromatic carbocycles. The highest BCUT2D eigenvalue weighted by atomic mass is 35.5. The molecule has 0 bridgehead atoms. The Balaban J connectivity index is 1.89. The minimum Gasteiger partial charge on any atom is -0.349 e. The first-order valence-corrected chi connectivity index (χ1v) is 7.13. The monoisotopic (exact) mass is 272 g/mol. The molecule has 1 fully saturated rings. The van der Waals surface area contributed by atoms with E-state index >= 15 is 0 Å². The van der Waals surface area contributed by atoms with Crippen LogP contribution in [0.15, 0.2) is 12.1 Å². The zero-order valence-electron chi connectivity index (χ0n) is 9.83. The Morgan fingerprint density at radius 2 is 2.47 bits per heavy atom. The van der Waals surface area contributed by atoms with E-state index in [0.29, 0.717) is 15.1 Å². The Kier molecular flexibility index (Phi) is 4.42. The van der Waals surface area contributed by atoms with Crippen molar-refractivity contribution in [1.29, 1.82) is 0 Å². The van der Waals surface area contributed by atoms with Gasteiger partial charge in [-0.25, -0.2) is 0 Å². The third kappa shape index (κ3) is 3.44. The summed E-state index contributed by atoms with van der Waals surface area (Å²) in [5.41, 5.74) is 0. The fourth-order valence-corrected chi connectivity index (χ4v) is 3.08. The highest BCUT2D eigenvalue weighted by molar-refractivity contribution is 7.17. The fraction of sp³-hybridized carbons (Fsp3) is 0.583. The predicted octanol–water partition coefficient (Wildman–Crippen LogP) is 2.52. The van der Waals surface area contributed by atoms with E-state index < -0.39 is 0 Å². The van der Waals surface area contributed by atoms with Gasteiger partial charge in [-0.1, -0.05) is 11.6 Å². The minimum absolute atomic E-state index is 0.0139. The van der Waals surface area contributed by atoms with E-state index in [0.717, 1.165) is 13.1 Å². The van der Waals surface area contributed by atoms with Gasteiger partial charge in [-0.2, -0.15) is 0 Å². The molecule has 0 spiro atoms. The lowest BCUT2D eigenvalue weighted by Crippen LogP contribution is -2.44. The second-order valence-electron chi connectivity index (χ2n) is 4.47. The van der Waals surface area contributed by atoms with E-state index in [1.807, 2.05) is 0 Å². The van der Waals surface area contributed by atoms with Crippen LogP contribution >= 0.6 is 22.9 Å². The van der Waals surface area contributed by atoms with Crippen LogP contribution in [0.3, 0.4) is 0 Å². The molecule has 2 atom stereocenters. The average Bonchev–Trinajstić information content (AvgIpc) is 2.77. The molecule has 1 saturated heterocycles. The maximum absolute atomic E-state index is 11.9. The first-order chi connectivity index (χ1) is 8.16. The van der Waals surface area contributed by atoms with E-state index in [9.17, 15) is 4.79 Å². The Bertz CT molecular complexity index is 388. The van der Waals surface area contributed by atoms with Crippen LogP contribution in [-0.4, -0.2) is 25.0 Å². The lowest BCUT2D eigenvalue weighted by atomic mass is 9.93. The van der Waals surface area contributed by atoms with Gasteiger partial charge in [-0.15, -0.1) is 11.3 Å². The highest BCUT2D eigenvalue weighted by Crippen LogP contribution is 2.22. The normalized spacial score (nSPS) is 22.1. The summed E-state index contributed by atoms with van der Waals surface area (Å²) in [6.45, 7) is 4.16. The Labute approximate surface area is 111 Å². The summed E-state index contributed by atoms with van der Waals surface area (Å²) in [4.78, 5) is 12.6. The summed E-state index contributed by atoms with van der Waals surface area (Å²) in [6, 6.07) is 3.73. The molecule has 2 unspecified atom stereocenters. The average molecular weight is 273 g/mol. The van der Waals surface area contributed by atoms with Crippen LogP contribution in [0.25, 0.3) is 0 Å². The van der Waals surface area contributed by atoms with Crippen molar-refractivity contribution < 1.29 is 4.79 Å². The molecule has 94 valence electrons. The molecule has 2 heterocycles. The maximum atomic E-state index is 11.9. The number of rotatable bonds is 3. The van der Waals surface area contributed by atoms with Crippen molar-refractivity contribution in [1.82, 2.24) is 10.6 Å². The molecule has 17 heavy (non-hydrogen) atoms. The summed E-state index contributed by atoms with van der Waals surface area (Å²) in [6.07, 6.45) is 2.37. The van der Waals surface area contributed by atoms with E-state index in [-0.39, 0.29) is 11.9 Å². The van der Waals surface area contributed by atoms with E-state index in [4.69, 9.17) is 11.6 Å². The van der Waals surface area contributed by atoms with Gasteiger partial charge in [-0.05, 0) is 50.9 Å². The van der Waals surface area contributed by atoms with Crippen LogP contribution in [-0.2, 0) is 0 Å². The maximum Gasteiger partial charge on any atom is 0.261 e. The first kappa shape index (κ1) is 12.9. The molecule has 1 aromatic heterocycles. The van der Waals surface area contributed by atoms with Gasteiger partial charge in [0.25, 0.3) is 5.91 Å². The second-order valence-corrected chi connectivity index (χ2v) is 6.19. The van der Waals surface area contributed by atoms with Crippen molar-refractivity contribution in [3.63, 3.8) is 0 Å². The highest BCUT2D eigenvalue weighted by Gasteiger charge is 2.22. The van der Waals surface area contributed by atoms with Crippen LogP contribution in [0, 0.1) is 5.92 Å². The van der Waals surface area contributed by atoms with E-state index in [1.54, 1.807) is 12.1 Å². The predicted molar refractivity (Wildman–Crippen MR) is 71.9 cm³/mol. The quantitative estimate of drug-likeness (QED) is 0.888. The summed E-state index contributed by atoms with van der Waals surface area (Å²) < 4.78 is 0.655. The van der Waals surface area contributed by atoms with E-state index in [1.165, 1.54) is 24.2 Å². The van der Waals surface area contributed by atoms with Crippen LogP contribution in [0.4, 0.5) is 0 Å². The third-order valence-electron chi connectivity index (χ3n) is 3.20. The summed E-state index contributed by atoms with van der Waals surface area (Å²) in [7, 11) is 0. The van der Waals surface area contributed by atoms with Gasteiger partial charge >= 0.3 is 0 Å². The molecule has 5 heteroatoms. The Morgan fingerprint density at radius 1 is 1.65 bits per heavy atom. The van der Waals surface area contributed by atoms with Gasteiger partial charge in [0.2, 0.25) is 0 Å². The van der Waals surface area contributed by atoms with Crippen molar-refractivity contribution in [2.24, 2.45) is 5.92 Å². The number of nitrogens with one attached hydrogen (secondary N) is 2. The van der Waals surface area contributed by atoms with Crippen LogP contribution in [0.1, 0.15) is 29.4 Å². The fourth-order valence-electron chi connectivity index (χ4n) is 2.14. The molecule has 0 radical (unpaired) electrons. The first-order valence-electron chi connectivity index (χ1n) is 5.94. The summed E-state index contributed by atoms with van der Waals surface area (Å²) in [5, 5.41) is 6.42. The molecule has 1 aliphatic rings. The number of hydrogen-bond donors (Lipinski definition) is 2. The standard InChI is InChI=1S/C12H17ClN2OS/c1-8(9-3-2-6-14-7-9)15-12(16)10-4-5-11(13)17-10/h4-5,8-9,14H,2-3,6-7H2,1H3,(H,15,16). The van der Waals surface area contributed by atoms with Crippen molar-refractivity contribution in [2.75, 3.05) is 13.1 Å². The van der Waals surface area contributed by atoms with Gasteiger partial charge in [0.15, 0.2) is 0 Å². The van der Waals surface area contributed by atoms with Crippen molar-refractivity contribution in [3.8, 4) is 0 Å². The van der Waals surface area contributed by atoms with Gasteiger partial charge in [0.1, 0.15) is 0 Å². The number of thiophene rings is 1. The minimum atomic E-state index is -0.0139. The molecule has 1 amide bonds. The summed E-state index contributed by atoms with van der Waals surface area (Å²) >= 11 is 7.14. The number of carbonyl (C=O) groups is 1. The zero-order valence-corrected chi connectivity index (χ0v) is 11.4. The van der Waals surface area contributed by atoms with Gasteiger partial charge in [0.05, 0.1) is 9.21 Å². The molecule has 1 aromatic rings. The lowest BCUT2D eigenvalue weighted by molar-refractivity contribution is 0.0926. The SMILES string of the molecule is CC(NC(=O)c1ccc(Cl)s1)C1CCCNC1. The summed E-state index contributed by atoms with van der Waals surface area (Å²) in [5.74, 6) is 0.517. The van der Waals surface area contributed by atoms with Gasteiger partial charge in [-0.3, -0.25) is 4.79 Å². The van der Waals surface area contributed by atoms with Crippen LogP contribution in [0.5, 0.6) is 0 Å². The Hall–Kier alpha value is -0.580. The van der Waals surface area contributed by atoms with Crippen LogP contribution in [0.2, 0.25) is 4.34 Å². The third-order valence-corrected chi connectivity index (χ3v) is 4.43. The topological polar surface area (TPSA) is 41.1 Å². The molecule has 0 saturated carbocycles. The van der Waals surface area contributed by atoms with Crippen molar-refractivity contribution >= 4 is 28.8 Å². The molecule has 2 N–H and O–H groups in total. The number of carbonyl (C=O) groups excluding carboxylic acids is 1. The smallest absolute Gasteiger partial charge is 0.261 e. The zero-order chi connectivity index (χ0) is 12.3. The van der Waals surface area contributed by atoms with Gasteiger partial charge < -0.3 is 10.6 Å². The lowest BCUT2D eigenvalue weighted by Gasteiger charge is -2.28. The number of piperidine rings is 1. The molecule has 2 rings (SSSR count).